The van der Waals surface area contributed by atoms with Crippen LogP contribution in [0, 0.1) is 5.92 Å². The van der Waals surface area contributed by atoms with Gasteiger partial charge in [-0.2, -0.15) is 0 Å². The number of anilines is 1. The van der Waals surface area contributed by atoms with Crippen molar-refractivity contribution in [3.8, 4) is 11.5 Å². The van der Waals surface area contributed by atoms with Gasteiger partial charge in [-0.1, -0.05) is 0 Å². The molecule has 0 saturated carbocycles. The average Bonchev–Trinajstić information content (AvgIpc) is 2.59. The number of carbonyl (C=O) groups is 2. The summed E-state index contributed by atoms with van der Waals surface area (Å²) in [6.07, 6.45) is -0.108. The summed E-state index contributed by atoms with van der Waals surface area (Å²) in [5.74, 6) is -0.519. The Bertz CT molecular complexity index is 685. The van der Waals surface area contributed by atoms with Gasteiger partial charge in [0.1, 0.15) is 5.60 Å². The lowest BCUT2D eigenvalue weighted by atomic mass is 9.92. The van der Waals surface area contributed by atoms with Crippen LogP contribution in [0.3, 0.4) is 0 Å². The van der Waals surface area contributed by atoms with Crippen LogP contribution in [0.2, 0.25) is 0 Å². The molecule has 27 heavy (non-hydrogen) atoms. The Morgan fingerprint density at radius 1 is 1.19 bits per heavy atom. The minimum absolute atomic E-state index is 0.269. The molecule has 1 aromatic rings. The molecule has 0 aliphatic carbocycles. The van der Waals surface area contributed by atoms with Crippen molar-refractivity contribution in [1.82, 2.24) is 5.32 Å². The number of piperidine rings is 1. The van der Waals surface area contributed by atoms with Crippen molar-refractivity contribution >= 4 is 17.7 Å². The quantitative estimate of drug-likeness (QED) is 0.810. The number of carboxylic acids is 1. The summed E-state index contributed by atoms with van der Waals surface area (Å²) in [5, 5.41) is 12.3. The third kappa shape index (κ3) is 5.42. The van der Waals surface area contributed by atoms with Gasteiger partial charge < -0.3 is 29.5 Å². The minimum Gasteiger partial charge on any atom is -0.493 e. The summed E-state index contributed by atoms with van der Waals surface area (Å²) in [4.78, 5) is 25.8. The molecule has 1 fully saturated rings. The molecule has 2 unspecified atom stereocenters. The molecule has 0 radical (unpaired) electrons. The van der Waals surface area contributed by atoms with Gasteiger partial charge in [0.05, 0.1) is 20.1 Å². The molecule has 2 rings (SSSR count). The maximum atomic E-state index is 12.0. The summed E-state index contributed by atoms with van der Waals surface area (Å²) in [7, 11) is 3.12. The Hall–Kier alpha value is -2.64. The van der Waals surface area contributed by atoms with Crippen molar-refractivity contribution in [1.29, 1.82) is 0 Å². The molecule has 1 aliphatic heterocycles. The first-order valence-corrected chi connectivity index (χ1v) is 8.84. The predicted molar refractivity (Wildman–Crippen MR) is 101 cm³/mol. The highest BCUT2D eigenvalue weighted by Crippen LogP contribution is 2.33. The fraction of sp³-hybridized carbons (Fsp3) is 0.579. The molecular weight excluding hydrogens is 352 g/mol. The molecule has 1 saturated heterocycles. The number of carboxylic acid groups (broad SMARTS) is 1. The van der Waals surface area contributed by atoms with Crippen LogP contribution in [0.5, 0.6) is 11.5 Å². The third-order valence-corrected chi connectivity index (χ3v) is 4.36. The number of carbonyl (C=O) groups excluding carboxylic acids is 1. The van der Waals surface area contributed by atoms with Gasteiger partial charge >= 0.3 is 12.1 Å². The van der Waals surface area contributed by atoms with Gasteiger partial charge in [-0.3, -0.25) is 4.79 Å². The van der Waals surface area contributed by atoms with E-state index in [0.717, 1.165) is 5.69 Å². The van der Waals surface area contributed by atoms with Crippen LogP contribution in [-0.4, -0.2) is 56.1 Å². The Kier molecular flexibility index (Phi) is 6.41. The van der Waals surface area contributed by atoms with Crippen molar-refractivity contribution in [3.05, 3.63) is 18.2 Å². The van der Waals surface area contributed by atoms with Gasteiger partial charge in [0.15, 0.2) is 11.5 Å². The number of rotatable bonds is 5. The summed E-state index contributed by atoms with van der Waals surface area (Å²) < 4.78 is 15.8. The monoisotopic (exact) mass is 380 g/mol. The molecule has 0 bridgehead atoms. The molecule has 0 spiro atoms. The van der Waals surface area contributed by atoms with E-state index in [9.17, 15) is 14.7 Å². The smallest absolute Gasteiger partial charge is 0.407 e. The number of benzene rings is 1. The summed E-state index contributed by atoms with van der Waals surface area (Å²) >= 11 is 0. The van der Waals surface area contributed by atoms with E-state index in [0.29, 0.717) is 24.5 Å². The Morgan fingerprint density at radius 3 is 2.41 bits per heavy atom. The number of alkyl carbamates (subject to hydrolysis) is 1. The molecule has 1 aromatic carbocycles. The van der Waals surface area contributed by atoms with Crippen LogP contribution in [0.15, 0.2) is 18.2 Å². The fourth-order valence-electron chi connectivity index (χ4n) is 3.09. The fourth-order valence-corrected chi connectivity index (χ4v) is 3.09. The maximum Gasteiger partial charge on any atom is 0.407 e. The number of hydrogen-bond donors (Lipinski definition) is 2. The van der Waals surface area contributed by atoms with E-state index in [4.69, 9.17) is 14.2 Å². The predicted octanol–water partition coefficient (Wildman–Crippen LogP) is 2.51. The molecule has 2 atom stereocenters. The Morgan fingerprint density at radius 2 is 1.85 bits per heavy atom. The summed E-state index contributed by atoms with van der Waals surface area (Å²) in [6, 6.07) is 4.98. The molecule has 8 heteroatoms. The van der Waals surface area contributed by atoms with E-state index in [1.54, 1.807) is 41.1 Å². The van der Waals surface area contributed by atoms with Crippen molar-refractivity contribution in [2.24, 2.45) is 5.92 Å². The van der Waals surface area contributed by atoms with Crippen LogP contribution in [0.25, 0.3) is 0 Å². The van der Waals surface area contributed by atoms with Crippen LogP contribution >= 0.6 is 0 Å². The second kappa shape index (κ2) is 8.37. The van der Waals surface area contributed by atoms with E-state index in [1.165, 1.54) is 0 Å². The van der Waals surface area contributed by atoms with Crippen LogP contribution < -0.4 is 19.7 Å². The van der Waals surface area contributed by atoms with Gasteiger partial charge in [-0.25, -0.2) is 4.79 Å². The first-order valence-electron chi connectivity index (χ1n) is 8.84. The highest BCUT2D eigenvalue weighted by atomic mass is 16.6. The zero-order valence-corrected chi connectivity index (χ0v) is 16.4. The van der Waals surface area contributed by atoms with E-state index in [-0.39, 0.29) is 6.54 Å². The first kappa shape index (κ1) is 20.7. The zero-order valence-electron chi connectivity index (χ0n) is 16.4. The standard InChI is InChI=1S/C19H28N2O6/c1-19(2,3)27-18(24)20-14-8-9-21(11-13(14)17(22)23)12-6-7-15(25-4)16(10-12)26-5/h6-7,10,13-14H,8-9,11H2,1-5H3,(H,20,24)(H,22,23). The topological polar surface area (TPSA) is 97.3 Å². The molecule has 1 amide bonds. The number of methoxy groups -OCH3 is 2. The molecule has 2 N–H and O–H groups in total. The van der Waals surface area contributed by atoms with Gasteiger partial charge in [-0.05, 0) is 39.3 Å². The molecule has 150 valence electrons. The van der Waals surface area contributed by atoms with E-state index < -0.39 is 29.6 Å². The SMILES string of the molecule is COc1ccc(N2CCC(NC(=O)OC(C)(C)C)C(C(=O)O)C2)cc1OC. The van der Waals surface area contributed by atoms with Crippen molar-refractivity contribution < 1.29 is 28.9 Å². The van der Waals surface area contributed by atoms with Crippen molar-refractivity contribution in [2.75, 3.05) is 32.2 Å². The van der Waals surface area contributed by atoms with Gasteiger partial charge in [0.25, 0.3) is 0 Å². The lowest BCUT2D eigenvalue weighted by Gasteiger charge is -2.38. The molecule has 1 heterocycles. The highest BCUT2D eigenvalue weighted by Gasteiger charge is 2.36. The number of nitrogens with zero attached hydrogens (tertiary/aromatic N) is 1. The van der Waals surface area contributed by atoms with E-state index in [1.807, 2.05) is 17.0 Å². The molecule has 8 nitrogen and oxygen atoms in total. The summed E-state index contributed by atoms with van der Waals surface area (Å²) in [5.41, 5.74) is 0.206. The molecule has 1 aliphatic rings. The van der Waals surface area contributed by atoms with Gasteiger partial charge in [0.2, 0.25) is 0 Å². The number of ether oxygens (including phenoxy) is 3. The zero-order chi connectivity index (χ0) is 20.2. The number of hydrogen-bond acceptors (Lipinski definition) is 6. The number of aliphatic carboxylic acids is 1. The molecule has 0 aromatic heterocycles. The number of amides is 1. The third-order valence-electron chi connectivity index (χ3n) is 4.36. The lowest BCUT2D eigenvalue weighted by molar-refractivity contribution is -0.142. The summed E-state index contributed by atoms with van der Waals surface area (Å²) in [6.45, 7) is 6.16. The highest BCUT2D eigenvalue weighted by molar-refractivity contribution is 5.75. The second-order valence-corrected chi connectivity index (χ2v) is 7.47. The van der Waals surface area contributed by atoms with Crippen LogP contribution in [0.4, 0.5) is 10.5 Å². The number of nitrogens with one attached hydrogen (secondary N) is 1. The largest absolute Gasteiger partial charge is 0.493 e. The van der Waals surface area contributed by atoms with Crippen molar-refractivity contribution in [2.45, 2.75) is 38.8 Å². The van der Waals surface area contributed by atoms with Gasteiger partial charge in [-0.15, -0.1) is 0 Å². The molecular formula is C19H28N2O6. The maximum absolute atomic E-state index is 12.0. The minimum atomic E-state index is -0.957. The van der Waals surface area contributed by atoms with Gasteiger partial charge in [0, 0.05) is 30.9 Å². The van der Waals surface area contributed by atoms with Crippen LogP contribution in [0.1, 0.15) is 27.2 Å². The van der Waals surface area contributed by atoms with E-state index >= 15 is 0 Å². The Balaban J connectivity index is 2.11. The normalized spacial score (nSPS) is 20.0. The second-order valence-electron chi connectivity index (χ2n) is 7.47. The lowest BCUT2D eigenvalue weighted by Crippen LogP contribution is -2.54. The Labute approximate surface area is 159 Å². The van der Waals surface area contributed by atoms with Crippen LogP contribution in [-0.2, 0) is 9.53 Å². The first-order chi connectivity index (χ1) is 12.6. The van der Waals surface area contributed by atoms with E-state index in [2.05, 4.69) is 5.32 Å². The average molecular weight is 380 g/mol. The van der Waals surface area contributed by atoms with Crippen molar-refractivity contribution in [3.63, 3.8) is 0 Å².